The molecule has 0 aliphatic carbocycles. The van der Waals surface area contributed by atoms with Gasteiger partial charge in [-0.15, -0.1) is 0 Å². The first kappa shape index (κ1) is 18.2. The Hall–Kier alpha value is -2.60. The monoisotopic (exact) mass is 413 g/mol. The van der Waals surface area contributed by atoms with Gasteiger partial charge < -0.3 is 14.6 Å². The zero-order valence-electron chi connectivity index (χ0n) is 14.5. The molecule has 26 heavy (non-hydrogen) atoms. The van der Waals surface area contributed by atoms with Crippen LogP contribution in [0, 0.1) is 0 Å². The summed E-state index contributed by atoms with van der Waals surface area (Å²) in [7, 11) is 1.78. The van der Waals surface area contributed by atoms with Crippen LogP contribution in [0.4, 0.5) is 4.79 Å². The van der Waals surface area contributed by atoms with Crippen molar-refractivity contribution >= 4 is 22.0 Å². The molecular weight excluding hydrogens is 394 g/mol. The number of nitrogens with zero attached hydrogens (tertiary/aromatic N) is 2. The van der Waals surface area contributed by atoms with Crippen LogP contribution in [0.15, 0.2) is 69.7 Å². The van der Waals surface area contributed by atoms with Gasteiger partial charge in [0.15, 0.2) is 5.76 Å². The zero-order chi connectivity index (χ0) is 18.4. The highest BCUT2D eigenvalue weighted by Crippen LogP contribution is 2.19. The van der Waals surface area contributed by atoms with E-state index in [1.807, 2.05) is 54.6 Å². The van der Waals surface area contributed by atoms with Crippen LogP contribution in [-0.2, 0) is 13.0 Å². The van der Waals surface area contributed by atoms with Gasteiger partial charge in [-0.25, -0.2) is 9.78 Å². The summed E-state index contributed by atoms with van der Waals surface area (Å²) in [6.07, 6.45) is 2.47. The molecule has 2 aromatic carbocycles. The van der Waals surface area contributed by atoms with Gasteiger partial charge in [0.1, 0.15) is 0 Å². The van der Waals surface area contributed by atoms with E-state index >= 15 is 0 Å². The van der Waals surface area contributed by atoms with Crippen LogP contribution in [0.1, 0.15) is 11.5 Å². The van der Waals surface area contributed by atoms with Crippen molar-refractivity contribution in [3.05, 3.63) is 76.7 Å². The Morgan fingerprint density at radius 2 is 1.88 bits per heavy atom. The third kappa shape index (κ3) is 4.95. The van der Waals surface area contributed by atoms with E-state index in [9.17, 15) is 4.79 Å². The molecule has 0 saturated carbocycles. The predicted octanol–water partition coefficient (Wildman–Crippen LogP) is 4.49. The average molecular weight is 414 g/mol. The lowest BCUT2D eigenvalue weighted by atomic mass is 10.1. The largest absolute Gasteiger partial charge is 0.439 e. The third-order valence-electron chi connectivity index (χ3n) is 4.00. The molecule has 1 N–H and O–H groups in total. The second kappa shape index (κ2) is 8.67. The highest BCUT2D eigenvalue weighted by atomic mass is 79.9. The number of hydrogen-bond donors (Lipinski definition) is 1. The lowest BCUT2D eigenvalue weighted by molar-refractivity contribution is 0.207. The van der Waals surface area contributed by atoms with E-state index in [0.717, 1.165) is 16.5 Å². The molecule has 0 unspecified atom stereocenters. The molecule has 5 nitrogen and oxygen atoms in total. The maximum Gasteiger partial charge on any atom is 0.317 e. The summed E-state index contributed by atoms with van der Waals surface area (Å²) in [6.45, 7) is 0.891. The van der Waals surface area contributed by atoms with Crippen molar-refractivity contribution < 1.29 is 9.21 Å². The van der Waals surface area contributed by atoms with Crippen molar-refractivity contribution in [2.24, 2.45) is 0 Å². The quantitative estimate of drug-likeness (QED) is 0.647. The molecule has 3 rings (SSSR count). The zero-order valence-corrected chi connectivity index (χ0v) is 16.1. The maximum atomic E-state index is 12.2. The van der Waals surface area contributed by atoms with Crippen molar-refractivity contribution in [3.8, 4) is 11.3 Å². The number of nitrogens with one attached hydrogen (secondary N) is 1. The van der Waals surface area contributed by atoms with E-state index in [2.05, 4.69) is 26.2 Å². The molecule has 0 radical (unpaired) electrons. The maximum absolute atomic E-state index is 12.2. The lowest BCUT2D eigenvalue weighted by Gasteiger charge is -2.17. The summed E-state index contributed by atoms with van der Waals surface area (Å²) in [5, 5.41) is 2.83. The van der Waals surface area contributed by atoms with Gasteiger partial charge in [0, 0.05) is 23.6 Å². The number of carbonyl (C=O) groups excluding carboxylic acids is 1. The summed E-state index contributed by atoms with van der Waals surface area (Å²) in [6, 6.07) is 17.7. The van der Waals surface area contributed by atoms with Crippen molar-refractivity contribution in [1.29, 1.82) is 0 Å². The fourth-order valence-electron chi connectivity index (χ4n) is 2.46. The summed E-state index contributed by atoms with van der Waals surface area (Å²) in [5.41, 5.74) is 2.15. The number of oxazole rings is 1. The van der Waals surface area contributed by atoms with Gasteiger partial charge in [-0.2, -0.15) is 0 Å². The average Bonchev–Trinajstić information content (AvgIpc) is 3.15. The summed E-state index contributed by atoms with van der Waals surface area (Å²) in [5.74, 6) is 1.18. The minimum absolute atomic E-state index is 0.151. The minimum atomic E-state index is -0.151. The summed E-state index contributed by atoms with van der Waals surface area (Å²) < 4.78 is 6.74. The van der Waals surface area contributed by atoms with Gasteiger partial charge in [0.25, 0.3) is 0 Å². The molecule has 0 fully saturated rings. The molecule has 3 aromatic rings. The Bertz CT molecular complexity index is 847. The van der Waals surface area contributed by atoms with Crippen LogP contribution in [0.3, 0.4) is 0 Å². The highest BCUT2D eigenvalue weighted by molar-refractivity contribution is 9.10. The molecule has 0 aliphatic rings. The predicted molar refractivity (Wildman–Crippen MR) is 105 cm³/mol. The van der Waals surface area contributed by atoms with Crippen LogP contribution in [0.2, 0.25) is 0 Å². The van der Waals surface area contributed by atoms with Gasteiger partial charge in [0.05, 0.1) is 12.7 Å². The topological polar surface area (TPSA) is 58.4 Å². The fraction of sp³-hybridized carbons (Fsp3) is 0.200. The summed E-state index contributed by atoms with van der Waals surface area (Å²) in [4.78, 5) is 18.1. The Morgan fingerprint density at radius 1 is 1.15 bits per heavy atom. The van der Waals surface area contributed by atoms with E-state index < -0.39 is 0 Å². The van der Waals surface area contributed by atoms with E-state index in [0.29, 0.717) is 18.2 Å². The van der Waals surface area contributed by atoms with Gasteiger partial charge in [-0.3, -0.25) is 0 Å². The SMILES string of the molecule is CN(CCc1ccc(Br)cc1)C(=O)NCc1ncc(-c2ccccc2)o1. The lowest BCUT2D eigenvalue weighted by Crippen LogP contribution is -2.38. The van der Waals surface area contributed by atoms with Gasteiger partial charge in [-0.1, -0.05) is 58.4 Å². The number of urea groups is 1. The van der Waals surface area contributed by atoms with Crippen LogP contribution in [0.25, 0.3) is 11.3 Å². The third-order valence-corrected chi connectivity index (χ3v) is 4.53. The number of aromatic nitrogens is 1. The first-order valence-electron chi connectivity index (χ1n) is 8.35. The standard InChI is InChI=1S/C20H20BrN3O2/c1-24(12-11-15-7-9-17(21)10-8-15)20(25)23-14-19-22-13-18(26-19)16-5-3-2-4-6-16/h2-10,13H,11-12,14H2,1H3,(H,23,25). The van der Waals surface area contributed by atoms with Gasteiger partial charge in [-0.05, 0) is 24.1 Å². The van der Waals surface area contributed by atoms with Crippen LogP contribution < -0.4 is 5.32 Å². The normalized spacial score (nSPS) is 10.5. The Balaban J connectivity index is 1.47. The smallest absolute Gasteiger partial charge is 0.317 e. The van der Waals surface area contributed by atoms with E-state index in [1.54, 1.807) is 18.1 Å². The molecule has 0 atom stereocenters. The molecule has 1 heterocycles. The number of rotatable bonds is 6. The van der Waals surface area contributed by atoms with Crippen molar-refractivity contribution in [2.75, 3.05) is 13.6 Å². The van der Waals surface area contributed by atoms with Crippen LogP contribution >= 0.6 is 15.9 Å². The Kier molecular flexibility index (Phi) is 6.07. The van der Waals surface area contributed by atoms with Gasteiger partial charge >= 0.3 is 6.03 Å². The molecular formula is C20H20BrN3O2. The number of hydrogen-bond acceptors (Lipinski definition) is 3. The molecule has 1 aromatic heterocycles. The fourth-order valence-corrected chi connectivity index (χ4v) is 2.73. The van der Waals surface area contributed by atoms with Crippen LogP contribution in [-0.4, -0.2) is 29.5 Å². The molecule has 2 amide bonds. The number of likely N-dealkylation sites (N-methyl/N-ethyl adjacent to an activating group) is 1. The van der Waals surface area contributed by atoms with Crippen molar-refractivity contribution in [3.63, 3.8) is 0 Å². The Morgan fingerprint density at radius 3 is 2.62 bits per heavy atom. The molecule has 0 spiro atoms. The molecule has 134 valence electrons. The van der Waals surface area contributed by atoms with Crippen molar-refractivity contribution in [2.45, 2.75) is 13.0 Å². The molecule has 0 aliphatic heterocycles. The van der Waals surface area contributed by atoms with E-state index in [1.165, 1.54) is 5.56 Å². The second-order valence-electron chi connectivity index (χ2n) is 5.94. The molecule has 6 heteroatoms. The minimum Gasteiger partial charge on any atom is -0.439 e. The number of benzene rings is 2. The second-order valence-corrected chi connectivity index (χ2v) is 6.86. The van der Waals surface area contributed by atoms with E-state index in [4.69, 9.17) is 4.42 Å². The summed E-state index contributed by atoms with van der Waals surface area (Å²) >= 11 is 3.42. The Labute approximate surface area is 161 Å². The van der Waals surface area contributed by atoms with Gasteiger partial charge in [0.2, 0.25) is 5.89 Å². The number of amides is 2. The van der Waals surface area contributed by atoms with Crippen LogP contribution in [0.5, 0.6) is 0 Å². The molecule has 0 saturated heterocycles. The highest BCUT2D eigenvalue weighted by Gasteiger charge is 2.11. The first-order valence-corrected chi connectivity index (χ1v) is 9.14. The van der Waals surface area contributed by atoms with E-state index in [-0.39, 0.29) is 12.6 Å². The number of carbonyl (C=O) groups is 1. The molecule has 0 bridgehead atoms. The number of halogens is 1. The van der Waals surface area contributed by atoms with Crippen molar-refractivity contribution in [1.82, 2.24) is 15.2 Å². The first-order chi connectivity index (χ1) is 12.6.